The summed E-state index contributed by atoms with van der Waals surface area (Å²) in [7, 11) is 0. The van der Waals surface area contributed by atoms with Crippen LogP contribution in [0.15, 0.2) is 24.3 Å². The van der Waals surface area contributed by atoms with Crippen molar-refractivity contribution in [1.29, 1.82) is 0 Å². The Kier molecular flexibility index (Phi) is 7.59. The maximum Gasteiger partial charge on any atom is 0.242 e. The van der Waals surface area contributed by atoms with Crippen LogP contribution in [0.3, 0.4) is 0 Å². The predicted octanol–water partition coefficient (Wildman–Crippen LogP) is 1.36. The van der Waals surface area contributed by atoms with Gasteiger partial charge in [0.05, 0.1) is 12.0 Å². The molecule has 8 heteroatoms. The lowest BCUT2D eigenvalue weighted by Crippen LogP contribution is -2.58. The number of nitrogens with zero attached hydrogens (tertiary/aromatic N) is 2. The lowest BCUT2D eigenvalue weighted by Gasteiger charge is -2.36. The van der Waals surface area contributed by atoms with Crippen molar-refractivity contribution < 1.29 is 18.7 Å². The molecular formula is C19H27ClFN3O3. The van der Waals surface area contributed by atoms with E-state index in [1.807, 2.05) is 0 Å². The Hall–Kier alpha value is -1.70. The normalized spacial score (nSPS) is 19.8. The standard InChI is InChI=1S/C19H26FN3O3.ClH/c20-16-4-1-3-15(13-16)14-17(24)22-7-2-8-23(10-9-22)18(25)19(21)5-11-26-12-6-19;/h1,3-4,13H,2,5-12,14,21H2;1H. The van der Waals surface area contributed by atoms with Gasteiger partial charge >= 0.3 is 0 Å². The molecule has 0 radical (unpaired) electrons. The first-order valence-corrected chi connectivity index (χ1v) is 9.16. The van der Waals surface area contributed by atoms with E-state index in [9.17, 15) is 14.0 Å². The summed E-state index contributed by atoms with van der Waals surface area (Å²) in [6, 6.07) is 6.10. The van der Waals surface area contributed by atoms with Gasteiger partial charge in [-0.25, -0.2) is 4.39 Å². The van der Waals surface area contributed by atoms with Gasteiger partial charge in [0.25, 0.3) is 0 Å². The van der Waals surface area contributed by atoms with Crippen molar-refractivity contribution in [3.05, 3.63) is 35.6 Å². The first-order valence-electron chi connectivity index (χ1n) is 9.16. The number of carbonyl (C=O) groups excluding carboxylic acids is 2. The van der Waals surface area contributed by atoms with Gasteiger partial charge in [-0.05, 0) is 37.0 Å². The minimum atomic E-state index is -0.848. The third-order valence-corrected chi connectivity index (χ3v) is 5.19. The second-order valence-corrected chi connectivity index (χ2v) is 7.10. The van der Waals surface area contributed by atoms with Gasteiger partial charge < -0.3 is 20.3 Å². The molecule has 27 heavy (non-hydrogen) atoms. The third kappa shape index (κ3) is 5.40. The zero-order valence-electron chi connectivity index (χ0n) is 15.4. The van der Waals surface area contributed by atoms with Crippen molar-refractivity contribution in [1.82, 2.24) is 9.80 Å². The van der Waals surface area contributed by atoms with Gasteiger partial charge in [-0.3, -0.25) is 9.59 Å². The minimum Gasteiger partial charge on any atom is -0.381 e. The minimum absolute atomic E-state index is 0. The number of hydrogen-bond donors (Lipinski definition) is 1. The van der Waals surface area contributed by atoms with Gasteiger partial charge in [-0.15, -0.1) is 12.4 Å². The number of halogens is 2. The number of carbonyl (C=O) groups is 2. The van der Waals surface area contributed by atoms with Crippen LogP contribution in [0.1, 0.15) is 24.8 Å². The molecule has 2 heterocycles. The molecule has 2 N–H and O–H groups in total. The molecule has 0 aromatic heterocycles. The Balaban J connectivity index is 0.00000261. The van der Waals surface area contributed by atoms with E-state index in [-0.39, 0.29) is 36.5 Å². The molecule has 0 aliphatic carbocycles. The summed E-state index contributed by atoms with van der Waals surface area (Å²) in [5.74, 6) is -0.425. The topological polar surface area (TPSA) is 75.9 Å². The van der Waals surface area contributed by atoms with Crippen LogP contribution in [0, 0.1) is 5.82 Å². The average Bonchev–Trinajstić information content (AvgIpc) is 2.88. The van der Waals surface area contributed by atoms with E-state index < -0.39 is 5.54 Å². The smallest absolute Gasteiger partial charge is 0.242 e. The van der Waals surface area contributed by atoms with E-state index in [1.165, 1.54) is 12.1 Å². The third-order valence-electron chi connectivity index (χ3n) is 5.19. The predicted molar refractivity (Wildman–Crippen MR) is 102 cm³/mol. The summed E-state index contributed by atoms with van der Waals surface area (Å²) in [5.41, 5.74) is 6.12. The number of amides is 2. The highest BCUT2D eigenvalue weighted by atomic mass is 35.5. The SMILES string of the molecule is Cl.NC1(C(=O)N2CCCN(C(=O)Cc3cccc(F)c3)CC2)CCOCC1. The second kappa shape index (κ2) is 9.48. The van der Waals surface area contributed by atoms with Crippen molar-refractivity contribution >= 4 is 24.2 Å². The molecule has 0 bridgehead atoms. The Bertz CT molecular complexity index is 667. The molecule has 0 saturated carbocycles. The van der Waals surface area contributed by atoms with E-state index in [0.717, 1.165) is 0 Å². The lowest BCUT2D eigenvalue weighted by molar-refractivity contribution is -0.141. The summed E-state index contributed by atoms with van der Waals surface area (Å²) in [6.07, 6.45) is 1.95. The summed E-state index contributed by atoms with van der Waals surface area (Å²) in [4.78, 5) is 28.9. The highest BCUT2D eigenvalue weighted by Gasteiger charge is 2.39. The fraction of sp³-hybridized carbons (Fsp3) is 0.579. The number of ether oxygens (including phenoxy) is 1. The van der Waals surface area contributed by atoms with Crippen LogP contribution in [0.5, 0.6) is 0 Å². The molecule has 0 spiro atoms. The first-order chi connectivity index (χ1) is 12.5. The number of hydrogen-bond acceptors (Lipinski definition) is 4. The maximum absolute atomic E-state index is 13.3. The fourth-order valence-corrected chi connectivity index (χ4v) is 3.57. The molecule has 3 rings (SSSR count). The van der Waals surface area contributed by atoms with E-state index in [4.69, 9.17) is 10.5 Å². The summed E-state index contributed by atoms with van der Waals surface area (Å²) in [5, 5.41) is 0. The molecule has 0 unspecified atom stereocenters. The van der Waals surface area contributed by atoms with E-state index >= 15 is 0 Å². The molecule has 1 aromatic carbocycles. The zero-order valence-corrected chi connectivity index (χ0v) is 16.2. The lowest BCUT2D eigenvalue weighted by atomic mass is 9.89. The van der Waals surface area contributed by atoms with Crippen molar-refractivity contribution in [2.24, 2.45) is 5.73 Å². The summed E-state index contributed by atoms with van der Waals surface area (Å²) < 4.78 is 18.6. The van der Waals surface area contributed by atoms with Crippen molar-refractivity contribution in [2.75, 3.05) is 39.4 Å². The van der Waals surface area contributed by atoms with Crippen molar-refractivity contribution in [2.45, 2.75) is 31.2 Å². The van der Waals surface area contributed by atoms with Gasteiger partial charge in [0.2, 0.25) is 11.8 Å². The van der Waals surface area contributed by atoms with Crippen LogP contribution in [-0.4, -0.2) is 66.5 Å². The van der Waals surface area contributed by atoms with Crippen molar-refractivity contribution in [3.63, 3.8) is 0 Å². The average molecular weight is 400 g/mol. The number of benzene rings is 1. The highest BCUT2D eigenvalue weighted by Crippen LogP contribution is 2.21. The summed E-state index contributed by atoms with van der Waals surface area (Å²) in [6.45, 7) is 3.17. The van der Waals surface area contributed by atoms with Crippen molar-refractivity contribution in [3.8, 4) is 0 Å². The van der Waals surface area contributed by atoms with Crippen LogP contribution in [0.2, 0.25) is 0 Å². The van der Waals surface area contributed by atoms with E-state index in [0.29, 0.717) is 64.2 Å². The number of rotatable bonds is 3. The fourth-order valence-electron chi connectivity index (χ4n) is 3.57. The first kappa shape index (κ1) is 21.6. The molecule has 150 valence electrons. The van der Waals surface area contributed by atoms with Gasteiger partial charge in [-0.2, -0.15) is 0 Å². The van der Waals surface area contributed by atoms with Crippen LogP contribution >= 0.6 is 12.4 Å². The Morgan fingerprint density at radius 3 is 2.48 bits per heavy atom. The molecule has 2 fully saturated rings. The second-order valence-electron chi connectivity index (χ2n) is 7.10. The zero-order chi connectivity index (χ0) is 18.6. The molecular weight excluding hydrogens is 373 g/mol. The van der Waals surface area contributed by atoms with Crippen LogP contribution in [-0.2, 0) is 20.7 Å². The summed E-state index contributed by atoms with van der Waals surface area (Å²) >= 11 is 0. The molecule has 1 aromatic rings. The molecule has 2 aliphatic heterocycles. The van der Waals surface area contributed by atoms with Crippen LogP contribution in [0.4, 0.5) is 4.39 Å². The van der Waals surface area contributed by atoms with Crippen LogP contribution in [0.25, 0.3) is 0 Å². The number of nitrogens with two attached hydrogens (primary N) is 1. The maximum atomic E-state index is 13.3. The van der Waals surface area contributed by atoms with Gasteiger partial charge in [0, 0.05) is 39.4 Å². The molecule has 2 aliphatic rings. The molecule has 2 saturated heterocycles. The van der Waals surface area contributed by atoms with E-state index in [1.54, 1.807) is 21.9 Å². The van der Waals surface area contributed by atoms with E-state index in [2.05, 4.69) is 0 Å². The molecule has 6 nitrogen and oxygen atoms in total. The van der Waals surface area contributed by atoms with Gasteiger partial charge in [-0.1, -0.05) is 12.1 Å². The highest BCUT2D eigenvalue weighted by molar-refractivity contribution is 5.86. The Morgan fingerprint density at radius 1 is 1.11 bits per heavy atom. The molecule has 0 atom stereocenters. The molecule has 2 amide bonds. The van der Waals surface area contributed by atoms with Gasteiger partial charge in [0.15, 0.2) is 0 Å². The Labute approximate surface area is 165 Å². The largest absolute Gasteiger partial charge is 0.381 e. The monoisotopic (exact) mass is 399 g/mol. The van der Waals surface area contributed by atoms with Gasteiger partial charge in [0.1, 0.15) is 5.82 Å². The Morgan fingerprint density at radius 2 is 1.78 bits per heavy atom. The quantitative estimate of drug-likeness (QED) is 0.832. The van der Waals surface area contributed by atoms with Crippen LogP contribution < -0.4 is 5.73 Å².